The minimum Gasteiger partial charge on any atom is -0.507 e. The van der Waals surface area contributed by atoms with E-state index in [0.717, 1.165) is 22.8 Å². The van der Waals surface area contributed by atoms with Crippen molar-refractivity contribution < 1.29 is 15.0 Å². The summed E-state index contributed by atoms with van der Waals surface area (Å²) in [6, 6.07) is 12.3. The van der Waals surface area contributed by atoms with Gasteiger partial charge in [-0.3, -0.25) is 0 Å². The zero-order valence-electron chi connectivity index (χ0n) is 11.7. The topological polar surface area (TPSA) is 86.2 Å². The van der Waals surface area contributed by atoms with Gasteiger partial charge in [-0.15, -0.1) is 0 Å². The highest BCUT2D eigenvalue weighted by Crippen LogP contribution is 2.30. The van der Waals surface area contributed by atoms with Gasteiger partial charge < -0.3 is 15.2 Å². The number of para-hydroxylation sites is 2. The van der Waals surface area contributed by atoms with Crippen LogP contribution in [0.15, 0.2) is 57.0 Å². The van der Waals surface area contributed by atoms with E-state index in [1.165, 1.54) is 12.1 Å². The molecule has 2 aromatic carbocycles. The van der Waals surface area contributed by atoms with Crippen molar-refractivity contribution in [2.75, 3.05) is 0 Å². The molecule has 0 radical (unpaired) electrons. The molecule has 0 unspecified atom stereocenters. The first kappa shape index (κ1) is 15.6. The van der Waals surface area contributed by atoms with Crippen molar-refractivity contribution in [1.82, 2.24) is 9.97 Å². The highest BCUT2D eigenvalue weighted by molar-refractivity contribution is 9.10. The Kier molecular flexibility index (Phi) is 4.40. The summed E-state index contributed by atoms with van der Waals surface area (Å²) in [5, 5.41) is 19.4. The maximum absolute atomic E-state index is 11.5. The van der Waals surface area contributed by atoms with E-state index in [9.17, 15) is 15.0 Å². The van der Waals surface area contributed by atoms with Crippen LogP contribution in [0.4, 0.5) is 0 Å². The maximum Gasteiger partial charge on any atom is 0.342 e. The molecule has 0 aliphatic carbocycles. The summed E-state index contributed by atoms with van der Waals surface area (Å²) in [6.45, 7) is 0. The minimum atomic E-state index is -1.04. The number of rotatable bonds is 4. The fraction of sp³-hybridized carbons (Fsp3) is 0. The lowest BCUT2D eigenvalue weighted by molar-refractivity contribution is -0.131. The van der Waals surface area contributed by atoms with Gasteiger partial charge in [-0.05, 0) is 63.6 Å². The van der Waals surface area contributed by atoms with Crippen molar-refractivity contribution in [1.29, 1.82) is 0 Å². The van der Waals surface area contributed by atoms with E-state index < -0.39 is 5.97 Å². The number of carbonyl (C=O) groups is 1. The summed E-state index contributed by atoms with van der Waals surface area (Å²) < 4.78 is 0.504. The molecule has 23 heavy (non-hydrogen) atoms. The van der Waals surface area contributed by atoms with Crippen LogP contribution in [0.2, 0.25) is 0 Å². The number of nitrogens with zero attached hydrogens (tertiary/aromatic N) is 1. The summed E-state index contributed by atoms with van der Waals surface area (Å²) in [5.41, 5.74) is 2.30. The molecule has 3 rings (SSSR count). The smallest absolute Gasteiger partial charge is 0.342 e. The number of hydrogen-bond acceptors (Lipinski definition) is 4. The summed E-state index contributed by atoms with van der Waals surface area (Å²) in [6.07, 6.45) is 1.53. The lowest BCUT2D eigenvalue weighted by atomic mass is 10.2. The van der Waals surface area contributed by atoms with Crippen LogP contribution >= 0.6 is 27.7 Å². The average molecular weight is 391 g/mol. The van der Waals surface area contributed by atoms with E-state index >= 15 is 0 Å². The Morgan fingerprint density at radius 1 is 1.26 bits per heavy atom. The number of benzene rings is 2. The number of nitrogens with one attached hydrogen (secondary N) is 1. The van der Waals surface area contributed by atoms with E-state index in [4.69, 9.17) is 0 Å². The number of thioether (sulfide) groups is 1. The van der Waals surface area contributed by atoms with E-state index in [-0.39, 0.29) is 10.7 Å². The molecular formula is C16H11BrN2O3S. The molecule has 0 fully saturated rings. The fourth-order valence-corrected chi connectivity index (χ4v) is 3.17. The van der Waals surface area contributed by atoms with Crippen LogP contribution in [0.25, 0.3) is 17.1 Å². The third-order valence-electron chi connectivity index (χ3n) is 3.05. The Morgan fingerprint density at radius 2 is 2.04 bits per heavy atom. The number of phenolic OH excluding ortho intramolecular Hbond substituents is 1. The molecule has 3 N–H and O–H groups in total. The molecule has 7 heteroatoms. The molecule has 0 bridgehead atoms. The van der Waals surface area contributed by atoms with E-state index in [1.807, 2.05) is 24.3 Å². The van der Waals surface area contributed by atoms with Gasteiger partial charge in [0.2, 0.25) is 0 Å². The van der Waals surface area contributed by atoms with Gasteiger partial charge in [0, 0.05) is 0 Å². The third-order valence-corrected chi connectivity index (χ3v) is 4.59. The Hall–Kier alpha value is -2.25. The number of halogens is 1. The molecule has 0 aliphatic rings. The summed E-state index contributed by atoms with van der Waals surface area (Å²) in [5.74, 6) is -0.941. The van der Waals surface area contributed by atoms with Crippen LogP contribution in [-0.4, -0.2) is 26.2 Å². The molecule has 1 aromatic heterocycles. The maximum atomic E-state index is 11.5. The summed E-state index contributed by atoms with van der Waals surface area (Å²) in [4.78, 5) is 19.1. The minimum absolute atomic E-state index is 0.101. The predicted molar refractivity (Wildman–Crippen MR) is 93.4 cm³/mol. The Morgan fingerprint density at radius 3 is 2.74 bits per heavy atom. The van der Waals surface area contributed by atoms with Gasteiger partial charge in [0.25, 0.3) is 0 Å². The van der Waals surface area contributed by atoms with Crippen LogP contribution in [0.1, 0.15) is 5.56 Å². The zero-order valence-corrected chi connectivity index (χ0v) is 14.1. The summed E-state index contributed by atoms with van der Waals surface area (Å²) >= 11 is 4.26. The highest BCUT2D eigenvalue weighted by Gasteiger charge is 2.13. The fourth-order valence-electron chi connectivity index (χ4n) is 1.98. The Balaban J connectivity index is 1.93. The van der Waals surface area contributed by atoms with Crippen LogP contribution in [0, 0.1) is 0 Å². The lowest BCUT2D eigenvalue weighted by Gasteiger charge is -2.02. The first-order valence-electron chi connectivity index (χ1n) is 6.59. The van der Waals surface area contributed by atoms with Gasteiger partial charge in [0.15, 0.2) is 5.16 Å². The number of phenols is 1. The predicted octanol–water partition coefficient (Wildman–Crippen LogP) is 4.25. The number of imidazole rings is 1. The Bertz CT molecular complexity index is 888. The van der Waals surface area contributed by atoms with Gasteiger partial charge in [-0.2, -0.15) is 0 Å². The lowest BCUT2D eigenvalue weighted by Crippen LogP contribution is -1.97. The molecule has 0 saturated heterocycles. The molecule has 0 saturated carbocycles. The van der Waals surface area contributed by atoms with E-state index in [1.54, 1.807) is 12.1 Å². The number of carboxylic acid groups (broad SMARTS) is 1. The number of fused-ring (bicyclic) bond motifs is 1. The number of aromatic nitrogens is 2. The number of aromatic amines is 1. The van der Waals surface area contributed by atoms with Crippen molar-refractivity contribution >= 4 is 50.8 Å². The van der Waals surface area contributed by atoms with Crippen molar-refractivity contribution in [3.05, 3.63) is 57.4 Å². The standard InChI is InChI=1S/C16H11BrN2O3S/c17-10-7-9(5-6-13(10)20)8-14(15(21)22)23-16-18-11-3-1-2-4-12(11)19-16/h1-8,20H,(H,18,19)(H,21,22)/b14-8-. The van der Waals surface area contributed by atoms with Crippen molar-refractivity contribution in [2.45, 2.75) is 5.16 Å². The number of aliphatic carboxylic acids is 1. The SMILES string of the molecule is O=C(O)/C(=C/c1ccc(O)c(Br)c1)Sc1nc2ccccc2[nH]1. The second kappa shape index (κ2) is 6.47. The van der Waals surface area contributed by atoms with Crippen LogP contribution < -0.4 is 0 Å². The van der Waals surface area contributed by atoms with Crippen LogP contribution in [0.3, 0.4) is 0 Å². The largest absolute Gasteiger partial charge is 0.507 e. The van der Waals surface area contributed by atoms with Gasteiger partial charge in [-0.25, -0.2) is 9.78 Å². The van der Waals surface area contributed by atoms with E-state index in [0.29, 0.717) is 15.2 Å². The zero-order chi connectivity index (χ0) is 16.4. The number of hydrogen-bond donors (Lipinski definition) is 3. The molecule has 0 atom stereocenters. The van der Waals surface area contributed by atoms with E-state index in [2.05, 4.69) is 25.9 Å². The third kappa shape index (κ3) is 3.57. The molecule has 1 heterocycles. The summed E-state index contributed by atoms with van der Waals surface area (Å²) in [7, 11) is 0. The molecule has 3 aromatic rings. The Labute approximate surface area is 144 Å². The molecule has 0 aliphatic heterocycles. The molecular weight excluding hydrogens is 380 g/mol. The molecule has 5 nitrogen and oxygen atoms in total. The van der Waals surface area contributed by atoms with Crippen molar-refractivity contribution in [3.63, 3.8) is 0 Å². The second-order valence-electron chi connectivity index (χ2n) is 4.69. The monoisotopic (exact) mass is 390 g/mol. The first-order chi connectivity index (χ1) is 11.0. The number of carboxylic acids is 1. The van der Waals surface area contributed by atoms with Crippen LogP contribution in [0.5, 0.6) is 5.75 Å². The van der Waals surface area contributed by atoms with Crippen molar-refractivity contribution in [3.8, 4) is 5.75 Å². The highest BCUT2D eigenvalue weighted by atomic mass is 79.9. The second-order valence-corrected chi connectivity index (χ2v) is 6.57. The number of aromatic hydroxyl groups is 1. The van der Waals surface area contributed by atoms with Gasteiger partial charge in [0.1, 0.15) is 10.7 Å². The molecule has 0 amide bonds. The normalized spacial score (nSPS) is 11.8. The molecule has 0 spiro atoms. The quantitative estimate of drug-likeness (QED) is 0.457. The van der Waals surface area contributed by atoms with Crippen molar-refractivity contribution in [2.24, 2.45) is 0 Å². The molecule has 116 valence electrons. The van der Waals surface area contributed by atoms with Crippen LogP contribution in [-0.2, 0) is 4.79 Å². The average Bonchev–Trinajstić information content (AvgIpc) is 2.92. The van der Waals surface area contributed by atoms with Gasteiger partial charge in [-0.1, -0.05) is 18.2 Å². The van der Waals surface area contributed by atoms with Gasteiger partial charge in [0.05, 0.1) is 15.5 Å². The first-order valence-corrected chi connectivity index (χ1v) is 8.20. The van der Waals surface area contributed by atoms with Gasteiger partial charge >= 0.3 is 5.97 Å². The number of H-pyrrole nitrogens is 1.